The molecule has 0 spiro atoms. The van der Waals surface area contributed by atoms with Gasteiger partial charge >= 0.3 is 5.97 Å². The van der Waals surface area contributed by atoms with E-state index in [4.69, 9.17) is 48.6 Å². The SMILES string of the molecule is C[C@H](N)C(=O)O.NC(=O)c1cccnc1.OC[C@H]1OC(O)(Cl)[C@H](O)[C@@H]1O. The molecule has 12 heteroatoms. The minimum Gasteiger partial charge on any atom is -0.480 e. The lowest BCUT2D eigenvalue weighted by Gasteiger charge is -2.16. The average molecular weight is 396 g/mol. The lowest BCUT2D eigenvalue weighted by atomic mass is 10.1. The Hall–Kier alpha value is -1.86. The van der Waals surface area contributed by atoms with Crippen molar-refractivity contribution in [3.63, 3.8) is 0 Å². The van der Waals surface area contributed by atoms with E-state index in [0.717, 1.165) is 0 Å². The van der Waals surface area contributed by atoms with Gasteiger partial charge in [-0.2, -0.15) is 0 Å². The van der Waals surface area contributed by atoms with Gasteiger partial charge in [0, 0.05) is 12.4 Å². The van der Waals surface area contributed by atoms with E-state index < -0.39 is 48.1 Å². The summed E-state index contributed by atoms with van der Waals surface area (Å²) in [6, 6.07) is 2.56. The number of carboxylic acids is 1. The van der Waals surface area contributed by atoms with E-state index in [0.29, 0.717) is 5.56 Å². The van der Waals surface area contributed by atoms with E-state index >= 15 is 0 Å². The number of aliphatic carboxylic acids is 1. The van der Waals surface area contributed by atoms with Crippen molar-refractivity contribution in [2.45, 2.75) is 36.5 Å². The first-order valence-corrected chi connectivity index (χ1v) is 7.56. The minimum atomic E-state index is -2.28. The number of aromatic nitrogens is 1. The van der Waals surface area contributed by atoms with Crippen LogP contribution in [0, 0.1) is 0 Å². The van der Waals surface area contributed by atoms with Gasteiger partial charge in [0.2, 0.25) is 5.91 Å². The molecule has 5 atom stereocenters. The maximum Gasteiger partial charge on any atom is 0.320 e. The molecule has 0 radical (unpaired) electrons. The fourth-order valence-corrected chi connectivity index (χ4v) is 1.66. The van der Waals surface area contributed by atoms with Crippen LogP contribution in [0.25, 0.3) is 0 Å². The number of halogens is 1. The van der Waals surface area contributed by atoms with Crippen LogP contribution in [-0.2, 0) is 9.53 Å². The number of carbonyl (C=O) groups excluding carboxylic acids is 1. The molecule has 0 saturated carbocycles. The molecule has 1 unspecified atom stereocenters. The summed E-state index contributed by atoms with van der Waals surface area (Å²) in [6.45, 7) is 0.912. The molecule has 11 nitrogen and oxygen atoms in total. The molecule has 1 aromatic heterocycles. The smallest absolute Gasteiger partial charge is 0.320 e. The van der Waals surface area contributed by atoms with Crippen LogP contribution in [0.3, 0.4) is 0 Å². The Morgan fingerprint density at radius 1 is 1.46 bits per heavy atom. The van der Waals surface area contributed by atoms with Gasteiger partial charge in [-0.25, -0.2) is 0 Å². The number of hydrogen-bond acceptors (Lipinski definition) is 9. The number of nitrogens with two attached hydrogens (primary N) is 2. The fraction of sp³-hybridized carbons (Fsp3) is 0.500. The van der Waals surface area contributed by atoms with Gasteiger partial charge in [0.15, 0.2) is 6.10 Å². The van der Waals surface area contributed by atoms with Crippen LogP contribution < -0.4 is 11.5 Å². The van der Waals surface area contributed by atoms with E-state index in [9.17, 15) is 9.59 Å². The molecule has 9 N–H and O–H groups in total. The third-order valence-electron chi connectivity index (χ3n) is 2.90. The van der Waals surface area contributed by atoms with Gasteiger partial charge in [-0.3, -0.25) is 14.6 Å². The van der Waals surface area contributed by atoms with Crippen LogP contribution in [0.15, 0.2) is 24.5 Å². The first kappa shape index (κ1) is 24.1. The van der Waals surface area contributed by atoms with Crippen molar-refractivity contribution in [3.8, 4) is 0 Å². The van der Waals surface area contributed by atoms with Gasteiger partial charge in [0.1, 0.15) is 18.2 Å². The second-order valence-corrected chi connectivity index (χ2v) is 5.66. The number of primary amides is 1. The van der Waals surface area contributed by atoms with Gasteiger partial charge in [0.25, 0.3) is 5.25 Å². The number of hydrogen-bond donors (Lipinski definition) is 7. The Kier molecular flexibility index (Phi) is 10.2. The molecule has 1 fully saturated rings. The average Bonchev–Trinajstić information content (AvgIpc) is 2.79. The molecule has 2 rings (SSSR count). The number of carbonyl (C=O) groups is 2. The van der Waals surface area contributed by atoms with E-state index in [1.54, 1.807) is 18.3 Å². The molecule has 1 aliphatic rings. The molecule has 0 bridgehead atoms. The molecular weight excluding hydrogens is 374 g/mol. The summed E-state index contributed by atoms with van der Waals surface area (Å²) >= 11 is 5.20. The lowest BCUT2D eigenvalue weighted by molar-refractivity contribution is -0.169. The summed E-state index contributed by atoms with van der Waals surface area (Å²) in [5, 5.41) is 41.0. The first-order chi connectivity index (χ1) is 11.9. The van der Waals surface area contributed by atoms with Crippen molar-refractivity contribution in [1.82, 2.24) is 4.98 Å². The largest absolute Gasteiger partial charge is 0.480 e. The number of pyridine rings is 1. The summed E-state index contributed by atoms with van der Waals surface area (Å²) in [6.07, 6.45) is -0.967. The topological polar surface area (TPSA) is 209 Å². The van der Waals surface area contributed by atoms with Crippen LogP contribution in [0.1, 0.15) is 17.3 Å². The summed E-state index contributed by atoms with van der Waals surface area (Å²) < 4.78 is 4.49. The number of ether oxygens (including phenoxy) is 1. The number of aliphatic hydroxyl groups excluding tert-OH is 3. The molecule has 0 aromatic carbocycles. The monoisotopic (exact) mass is 395 g/mol. The molecule has 1 amide bonds. The van der Waals surface area contributed by atoms with Crippen LogP contribution in [-0.4, -0.2) is 78.6 Å². The molecule has 26 heavy (non-hydrogen) atoms. The van der Waals surface area contributed by atoms with Crippen LogP contribution in [0.4, 0.5) is 0 Å². The molecular formula is C14H22ClN3O8. The number of nitrogens with zero attached hydrogens (tertiary/aromatic N) is 1. The van der Waals surface area contributed by atoms with Crippen molar-refractivity contribution in [1.29, 1.82) is 0 Å². The van der Waals surface area contributed by atoms with E-state index in [-0.39, 0.29) is 0 Å². The number of alkyl halides is 1. The van der Waals surface area contributed by atoms with Crippen LogP contribution in [0.5, 0.6) is 0 Å². The number of aliphatic hydroxyl groups is 4. The first-order valence-electron chi connectivity index (χ1n) is 7.18. The number of rotatable bonds is 3. The van der Waals surface area contributed by atoms with E-state index in [1.165, 1.54) is 13.1 Å². The minimum absolute atomic E-state index is 0.442. The Labute approximate surface area is 153 Å². The van der Waals surface area contributed by atoms with Crippen molar-refractivity contribution >= 4 is 23.5 Å². The molecule has 1 aromatic rings. The molecule has 148 valence electrons. The predicted octanol–water partition coefficient (Wildman–Crippen LogP) is -2.42. The predicted molar refractivity (Wildman–Crippen MR) is 88.8 cm³/mol. The van der Waals surface area contributed by atoms with Gasteiger partial charge in [-0.15, -0.1) is 0 Å². The second kappa shape index (κ2) is 11.0. The number of amides is 1. The highest BCUT2D eigenvalue weighted by Crippen LogP contribution is 2.31. The Balaban J connectivity index is 0.000000378. The highest BCUT2D eigenvalue weighted by molar-refractivity contribution is 6.22. The van der Waals surface area contributed by atoms with Gasteiger partial charge in [-0.1, -0.05) is 11.6 Å². The van der Waals surface area contributed by atoms with Crippen molar-refractivity contribution in [3.05, 3.63) is 30.1 Å². The van der Waals surface area contributed by atoms with Crippen LogP contribution >= 0.6 is 11.6 Å². The quantitative estimate of drug-likeness (QED) is 0.269. The van der Waals surface area contributed by atoms with Gasteiger partial charge in [0.05, 0.1) is 12.2 Å². The van der Waals surface area contributed by atoms with Crippen LogP contribution in [0.2, 0.25) is 0 Å². The second-order valence-electron chi connectivity index (χ2n) is 5.12. The summed E-state index contributed by atoms with van der Waals surface area (Å²) in [5.74, 6) is -1.40. The van der Waals surface area contributed by atoms with Crippen molar-refractivity contribution in [2.24, 2.45) is 11.5 Å². The maximum atomic E-state index is 10.4. The Morgan fingerprint density at radius 3 is 2.19 bits per heavy atom. The van der Waals surface area contributed by atoms with Gasteiger partial charge in [-0.05, 0) is 19.1 Å². The standard InChI is InChI=1S/C6H6N2O.C5H9ClO5.C3H7NO2/c7-6(9)5-2-1-3-8-4-5;6-5(10)4(9)3(8)2(1-7)11-5;1-2(4)3(5)6/h1-4H,(H2,7,9);2-4,7-10H,1H2;2H,4H2,1H3,(H,5,6)/t;2-,3-,4-,5?;2-/m.10/s1. The molecule has 1 saturated heterocycles. The lowest BCUT2D eigenvalue weighted by Crippen LogP contribution is -2.38. The highest BCUT2D eigenvalue weighted by atomic mass is 35.5. The maximum absolute atomic E-state index is 10.4. The molecule has 0 aliphatic carbocycles. The van der Waals surface area contributed by atoms with Crippen molar-refractivity contribution in [2.75, 3.05) is 6.61 Å². The third kappa shape index (κ3) is 8.01. The van der Waals surface area contributed by atoms with Gasteiger partial charge < -0.3 is 41.7 Å². The summed E-state index contributed by atoms with van der Waals surface area (Å²) in [4.78, 5) is 23.7. The summed E-state index contributed by atoms with van der Waals surface area (Å²) in [5.41, 5.74) is 10.2. The van der Waals surface area contributed by atoms with E-state index in [1.807, 2.05) is 0 Å². The zero-order chi connectivity index (χ0) is 20.5. The fourth-order valence-electron chi connectivity index (χ4n) is 1.42. The zero-order valence-corrected chi connectivity index (χ0v) is 14.5. The van der Waals surface area contributed by atoms with E-state index in [2.05, 4.69) is 9.72 Å². The highest BCUT2D eigenvalue weighted by Gasteiger charge is 2.52. The zero-order valence-electron chi connectivity index (χ0n) is 13.8. The third-order valence-corrected chi connectivity index (χ3v) is 3.21. The van der Waals surface area contributed by atoms with Crippen molar-refractivity contribution < 1.29 is 39.9 Å². The Bertz CT molecular complexity index is 573. The normalized spacial score (nSPS) is 28.0. The molecule has 2 heterocycles. The summed E-state index contributed by atoms with van der Waals surface area (Å²) in [7, 11) is 0. The Morgan fingerprint density at radius 2 is 2.00 bits per heavy atom. The number of carboxylic acid groups (broad SMARTS) is 1. The molecule has 1 aliphatic heterocycles.